The van der Waals surface area contributed by atoms with E-state index in [2.05, 4.69) is 10.1 Å². The summed E-state index contributed by atoms with van der Waals surface area (Å²) in [6, 6.07) is 12.1. The number of benzene rings is 1. The topological polar surface area (TPSA) is 81.2 Å². The summed E-state index contributed by atoms with van der Waals surface area (Å²) in [5, 5.41) is 3.95. The maximum Gasteiger partial charge on any atom is 0.254 e. The molecule has 0 N–H and O–H groups in total. The van der Waals surface area contributed by atoms with Crippen LogP contribution in [0, 0.1) is 19.7 Å². The molecule has 0 spiro atoms. The Labute approximate surface area is 208 Å². The fraction of sp³-hybridized carbons (Fsp3) is 0.286. The van der Waals surface area contributed by atoms with Gasteiger partial charge in [0.25, 0.3) is 5.56 Å². The number of fused-ring (bicyclic) bond motifs is 1. The molecular weight excluding hydrogens is 459 g/mol. The molecule has 8 heteroatoms. The minimum atomic E-state index is -0.343. The van der Waals surface area contributed by atoms with Crippen LogP contribution in [0.1, 0.15) is 45.0 Å². The molecule has 0 saturated heterocycles. The maximum atomic E-state index is 14.4. The smallest absolute Gasteiger partial charge is 0.254 e. The number of hydrogen-bond donors (Lipinski definition) is 0. The number of aryl methyl sites for hydroxylation is 2. The lowest BCUT2D eigenvalue weighted by Crippen LogP contribution is -2.40. The Morgan fingerprint density at radius 2 is 1.97 bits per heavy atom. The number of carbonyl (C=O) groups excluding carboxylic acids is 1. The van der Waals surface area contributed by atoms with Gasteiger partial charge in [0.05, 0.1) is 18.7 Å². The third-order valence-corrected chi connectivity index (χ3v) is 6.81. The van der Waals surface area contributed by atoms with Gasteiger partial charge in [-0.2, -0.15) is 0 Å². The van der Waals surface area contributed by atoms with Crippen LogP contribution in [0.15, 0.2) is 64.2 Å². The average molecular weight is 487 g/mol. The Morgan fingerprint density at radius 3 is 2.69 bits per heavy atom. The molecule has 1 aliphatic rings. The van der Waals surface area contributed by atoms with Crippen LogP contribution in [0.5, 0.6) is 0 Å². The summed E-state index contributed by atoms with van der Waals surface area (Å²) in [7, 11) is 0. The molecule has 184 valence electrons. The van der Waals surface area contributed by atoms with Crippen LogP contribution in [-0.2, 0) is 37.1 Å². The van der Waals surface area contributed by atoms with E-state index in [0.717, 1.165) is 28.1 Å². The van der Waals surface area contributed by atoms with E-state index < -0.39 is 0 Å². The lowest BCUT2D eigenvalue weighted by molar-refractivity contribution is -0.131. The van der Waals surface area contributed by atoms with Crippen molar-refractivity contribution in [1.82, 2.24) is 19.6 Å². The third kappa shape index (κ3) is 4.71. The number of nitrogens with zero attached hydrogens (tertiary/aromatic N) is 4. The first-order valence-corrected chi connectivity index (χ1v) is 12.0. The van der Waals surface area contributed by atoms with Gasteiger partial charge in [-0.25, -0.2) is 4.39 Å². The fourth-order valence-electron chi connectivity index (χ4n) is 4.83. The van der Waals surface area contributed by atoms with Gasteiger partial charge in [0, 0.05) is 55.1 Å². The van der Waals surface area contributed by atoms with Gasteiger partial charge < -0.3 is 14.0 Å². The number of rotatable bonds is 6. The van der Waals surface area contributed by atoms with Crippen molar-refractivity contribution in [3.8, 4) is 0 Å². The Balaban J connectivity index is 1.50. The molecule has 0 bridgehead atoms. The predicted octanol–water partition coefficient (Wildman–Crippen LogP) is 3.75. The van der Waals surface area contributed by atoms with E-state index in [9.17, 15) is 14.0 Å². The summed E-state index contributed by atoms with van der Waals surface area (Å²) in [6.07, 6.45) is 4.38. The molecule has 3 aromatic heterocycles. The lowest BCUT2D eigenvalue weighted by Gasteiger charge is -2.31. The van der Waals surface area contributed by atoms with Crippen molar-refractivity contribution in [1.29, 1.82) is 0 Å². The van der Waals surface area contributed by atoms with E-state index >= 15 is 0 Å². The SMILES string of the molecule is Cc1noc(C)c1CC(=O)N1CCc2c(cc(Cc3ccccc3F)c(=O)n2Cc2cccnc2)C1. The molecule has 4 heterocycles. The lowest BCUT2D eigenvalue weighted by atomic mass is 9.98. The van der Waals surface area contributed by atoms with E-state index in [-0.39, 0.29) is 30.1 Å². The molecule has 0 aliphatic carbocycles. The fourth-order valence-corrected chi connectivity index (χ4v) is 4.83. The third-order valence-electron chi connectivity index (χ3n) is 6.81. The number of pyridine rings is 2. The molecule has 0 unspecified atom stereocenters. The molecule has 7 nitrogen and oxygen atoms in total. The molecule has 0 saturated carbocycles. The minimum Gasteiger partial charge on any atom is -0.361 e. The maximum absolute atomic E-state index is 14.4. The van der Waals surface area contributed by atoms with Crippen molar-refractivity contribution in [2.45, 2.75) is 46.2 Å². The summed E-state index contributed by atoms with van der Waals surface area (Å²) in [5.41, 5.74) is 5.07. The zero-order chi connectivity index (χ0) is 25.2. The van der Waals surface area contributed by atoms with Gasteiger partial charge in [0.15, 0.2) is 0 Å². The van der Waals surface area contributed by atoms with E-state index in [1.165, 1.54) is 6.07 Å². The van der Waals surface area contributed by atoms with Crippen LogP contribution in [0.2, 0.25) is 0 Å². The van der Waals surface area contributed by atoms with Crippen molar-refractivity contribution in [2.75, 3.05) is 6.54 Å². The Bertz CT molecular complexity index is 1460. The molecule has 1 aliphatic heterocycles. The highest BCUT2D eigenvalue weighted by Crippen LogP contribution is 2.23. The monoisotopic (exact) mass is 486 g/mol. The van der Waals surface area contributed by atoms with Gasteiger partial charge in [-0.05, 0) is 48.7 Å². The zero-order valence-corrected chi connectivity index (χ0v) is 20.3. The molecule has 5 rings (SSSR count). The highest BCUT2D eigenvalue weighted by molar-refractivity contribution is 5.79. The molecule has 0 atom stereocenters. The first kappa shape index (κ1) is 23.7. The largest absolute Gasteiger partial charge is 0.361 e. The van der Waals surface area contributed by atoms with E-state index in [1.54, 1.807) is 47.0 Å². The first-order valence-electron chi connectivity index (χ1n) is 12.0. The van der Waals surface area contributed by atoms with Gasteiger partial charge >= 0.3 is 0 Å². The van der Waals surface area contributed by atoms with Gasteiger partial charge in [-0.15, -0.1) is 0 Å². The number of halogens is 1. The van der Waals surface area contributed by atoms with Crippen LogP contribution in [0.4, 0.5) is 4.39 Å². The molecule has 4 aromatic rings. The van der Waals surface area contributed by atoms with Crippen LogP contribution >= 0.6 is 0 Å². The van der Waals surface area contributed by atoms with E-state index in [4.69, 9.17) is 4.52 Å². The van der Waals surface area contributed by atoms with Crippen molar-refractivity contribution in [3.63, 3.8) is 0 Å². The van der Waals surface area contributed by atoms with Crippen LogP contribution in [-0.4, -0.2) is 32.1 Å². The van der Waals surface area contributed by atoms with Gasteiger partial charge in [0.1, 0.15) is 11.6 Å². The molecule has 1 amide bonds. The van der Waals surface area contributed by atoms with E-state index in [0.29, 0.717) is 42.9 Å². The number of aromatic nitrogens is 3. The predicted molar refractivity (Wildman–Crippen MR) is 132 cm³/mol. The van der Waals surface area contributed by atoms with Gasteiger partial charge in [-0.1, -0.05) is 29.4 Å². The van der Waals surface area contributed by atoms with Crippen molar-refractivity contribution < 1.29 is 13.7 Å². The van der Waals surface area contributed by atoms with Crippen LogP contribution < -0.4 is 5.56 Å². The summed E-state index contributed by atoms with van der Waals surface area (Å²) in [5.74, 6) is 0.288. The van der Waals surface area contributed by atoms with E-state index in [1.807, 2.05) is 25.1 Å². The van der Waals surface area contributed by atoms with Crippen LogP contribution in [0.3, 0.4) is 0 Å². The first-order chi connectivity index (χ1) is 17.4. The number of carbonyl (C=O) groups is 1. The second-order valence-electron chi connectivity index (χ2n) is 9.21. The molecule has 0 radical (unpaired) electrons. The summed E-state index contributed by atoms with van der Waals surface area (Å²) in [4.78, 5) is 32.7. The van der Waals surface area contributed by atoms with Crippen molar-refractivity contribution in [2.24, 2.45) is 0 Å². The minimum absolute atomic E-state index is 0.0179. The Kier molecular flexibility index (Phi) is 6.50. The highest BCUT2D eigenvalue weighted by Gasteiger charge is 2.26. The quantitative estimate of drug-likeness (QED) is 0.415. The van der Waals surface area contributed by atoms with Gasteiger partial charge in [-0.3, -0.25) is 14.6 Å². The molecular formula is C28H27FN4O3. The Hall–Kier alpha value is -4.07. The zero-order valence-electron chi connectivity index (χ0n) is 20.3. The molecule has 1 aromatic carbocycles. The Morgan fingerprint density at radius 1 is 1.14 bits per heavy atom. The molecule has 0 fully saturated rings. The number of amides is 1. The van der Waals surface area contributed by atoms with Crippen LogP contribution in [0.25, 0.3) is 0 Å². The van der Waals surface area contributed by atoms with Gasteiger partial charge in [0.2, 0.25) is 5.91 Å². The van der Waals surface area contributed by atoms with Crippen molar-refractivity contribution >= 4 is 5.91 Å². The summed E-state index contributed by atoms with van der Waals surface area (Å²) >= 11 is 0. The second-order valence-corrected chi connectivity index (χ2v) is 9.21. The van der Waals surface area contributed by atoms with Crippen molar-refractivity contribution in [3.05, 3.63) is 116 Å². The number of hydrogen-bond acceptors (Lipinski definition) is 5. The average Bonchev–Trinajstić information content (AvgIpc) is 3.20. The second kappa shape index (κ2) is 9.89. The summed E-state index contributed by atoms with van der Waals surface area (Å²) in [6.45, 7) is 4.90. The summed E-state index contributed by atoms with van der Waals surface area (Å²) < 4.78 is 21.4. The standard InChI is InChI=1S/C28H27FN4O3/c1-18-24(19(2)36-31-18)14-27(34)32-11-9-26-23(17-32)13-22(12-21-7-3-4-8-25(21)29)28(35)33(26)16-20-6-5-10-30-15-20/h3-8,10,13,15H,9,11-12,14,16-17H2,1-2H3. The highest BCUT2D eigenvalue weighted by atomic mass is 19.1. The molecule has 36 heavy (non-hydrogen) atoms. The normalized spacial score (nSPS) is 13.0.